The summed E-state index contributed by atoms with van der Waals surface area (Å²) < 4.78 is 2.22. The molecule has 1 amide bonds. The Labute approximate surface area is 142 Å². The van der Waals surface area contributed by atoms with Gasteiger partial charge in [0, 0.05) is 31.3 Å². The van der Waals surface area contributed by atoms with E-state index in [9.17, 15) is 9.90 Å². The Morgan fingerprint density at radius 3 is 2.88 bits per heavy atom. The molecule has 128 valence electrons. The summed E-state index contributed by atoms with van der Waals surface area (Å²) in [5, 5.41) is 11.1. The molecule has 24 heavy (non-hydrogen) atoms. The van der Waals surface area contributed by atoms with Crippen LogP contribution in [0.5, 0.6) is 0 Å². The van der Waals surface area contributed by atoms with Crippen LogP contribution in [0.25, 0.3) is 5.57 Å². The maximum Gasteiger partial charge on any atom is 0.219 e. The summed E-state index contributed by atoms with van der Waals surface area (Å²) in [5.41, 5.74) is 3.59. The van der Waals surface area contributed by atoms with Crippen LogP contribution in [0.1, 0.15) is 45.3 Å². The van der Waals surface area contributed by atoms with E-state index in [1.807, 2.05) is 24.3 Å². The van der Waals surface area contributed by atoms with E-state index in [-0.39, 0.29) is 29.4 Å². The Morgan fingerprint density at radius 1 is 1.46 bits per heavy atom. The second-order valence-electron chi connectivity index (χ2n) is 7.60. The number of rotatable bonds is 2. The van der Waals surface area contributed by atoms with Crippen LogP contribution >= 0.6 is 0 Å². The molecular formula is C19H25N3O2. The van der Waals surface area contributed by atoms with Crippen molar-refractivity contribution >= 4 is 11.5 Å². The molecule has 1 aromatic heterocycles. The average Bonchev–Trinajstić information content (AvgIpc) is 3.15. The first kappa shape index (κ1) is 15.6. The molecule has 2 fully saturated rings. The van der Waals surface area contributed by atoms with Gasteiger partial charge in [-0.1, -0.05) is 12.2 Å². The van der Waals surface area contributed by atoms with Crippen molar-refractivity contribution < 1.29 is 9.90 Å². The number of aliphatic hydroxyl groups excluding tert-OH is 1. The zero-order valence-electron chi connectivity index (χ0n) is 14.6. The van der Waals surface area contributed by atoms with E-state index in [0.717, 1.165) is 18.5 Å². The molecule has 2 aliphatic heterocycles. The van der Waals surface area contributed by atoms with Gasteiger partial charge >= 0.3 is 0 Å². The van der Waals surface area contributed by atoms with Crippen molar-refractivity contribution in [1.82, 2.24) is 14.5 Å². The highest BCUT2D eigenvalue weighted by Crippen LogP contribution is 2.55. The summed E-state index contributed by atoms with van der Waals surface area (Å²) in [7, 11) is 0. The molecule has 3 unspecified atom stereocenters. The van der Waals surface area contributed by atoms with E-state index >= 15 is 0 Å². The molecule has 1 saturated heterocycles. The minimum Gasteiger partial charge on any atom is -0.392 e. The number of carbonyl (C=O) groups is 1. The molecule has 3 aliphatic rings. The number of hydrogen-bond donors (Lipinski definition) is 1. The molecule has 3 atom stereocenters. The lowest BCUT2D eigenvalue weighted by molar-refractivity contribution is -0.149. The number of hydrogen-bond acceptors (Lipinski definition) is 3. The van der Waals surface area contributed by atoms with Crippen molar-refractivity contribution in [3.8, 4) is 0 Å². The third-order valence-corrected chi connectivity index (χ3v) is 6.32. The second-order valence-corrected chi connectivity index (χ2v) is 7.60. The smallest absolute Gasteiger partial charge is 0.219 e. The maximum atomic E-state index is 11.5. The normalized spacial score (nSPS) is 31.2. The number of imidazole rings is 1. The fraction of sp³-hybridized carbons (Fsp3) is 0.579. The van der Waals surface area contributed by atoms with Gasteiger partial charge in [-0.25, -0.2) is 4.98 Å². The number of aliphatic hydroxyl groups is 1. The summed E-state index contributed by atoms with van der Waals surface area (Å²) in [6.07, 6.45) is 9.66. The summed E-state index contributed by atoms with van der Waals surface area (Å²) in [4.78, 5) is 17.7. The zero-order chi connectivity index (χ0) is 17.1. The van der Waals surface area contributed by atoms with Crippen LogP contribution in [-0.4, -0.2) is 44.7 Å². The van der Waals surface area contributed by atoms with Crippen LogP contribution in [0.2, 0.25) is 0 Å². The van der Waals surface area contributed by atoms with Crippen LogP contribution < -0.4 is 0 Å². The van der Waals surface area contributed by atoms with Crippen molar-refractivity contribution in [3.63, 3.8) is 0 Å². The first-order valence-corrected chi connectivity index (χ1v) is 8.78. The molecule has 3 heterocycles. The molecule has 1 saturated carbocycles. The number of likely N-dealkylation sites (tertiary alicyclic amines) is 1. The quantitative estimate of drug-likeness (QED) is 0.907. The predicted octanol–water partition coefficient (Wildman–Crippen LogP) is 2.41. The number of allylic oxidation sites excluding steroid dienone is 4. The Hall–Kier alpha value is -1.88. The summed E-state index contributed by atoms with van der Waals surface area (Å²) in [6.45, 7) is 7.18. The summed E-state index contributed by atoms with van der Waals surface area (Å²) in [5.74, 6) is 0.287. The molecule has 0 radical (unpaired) electrons. The number of aromatic nitrogens is 2. The van der Waals surface area contributed by atoms with Crippen LogP contribution in [0.3, 0.4) is 0 Å². The Morgan fingerprint density at radius 2 is 2.21 bits per heavy atom. The van der Waals surface area contributed by atoms with Gasteiger partial charge in [-0.15, -0.1) is 0 Å². The van der Waals surface area contributed by atoms with Gasteiger partial charge in [-0.2, -0.15) is 0 Å². The Bertz CT molecular complexity index is 740. The zero-order valence-corrected chi connectivity index (χ0v) is 14.6. The number of fused-ring (bicyclic) bond motifs is 1. The topological polar surface area (TPSA) is 58.4 Å². The first-order valence-electron chi connectivity index (χ1n) is 8.78. The summed E-state index contributed by atoms with van der Waals surface area (Å²) in [6, 6.07) is 0.152. The van der Waals surface area contributed by atoms with E-state index < -0.39 is 0 Å². The molecule has 0 aromatic carbocycles. The highest BCUT2D eigenvalue weighted by atomic mass is 16.3. The number of nitrogens with zero attached hydrogens (tertiary/aromatic N) is 3. The van der Waals surface area contributed by atoms with Crippen LogP contribution in [-0.2, 0) is 4.79 Å². The number of carbonyl (C=O) groups excluding carboxylic acids is 1. The van der Waals surface area contributed by atoms with E-state index in [1.165, 1.54) is 11.1 Å². The van der Waals surface area contributed by atoms with Crippen molar-refractivity contribution in [2.24, 2.45) is 11.3 Å². The largest absolute Gasteiger partial charge is 0.392 e. The first-order chi connectivity index (χ1) is 11.5. The van der Waals surface area contributed by atoms with E-state index in [2.05, 4.69) is 28.6 Å². The lowest BCUT2D eigenvalue weighted by atomic mass is 9.74. The van der Waals surface area contributed by atoms with Crippen molar-refractivity contribution in [2.45, 2.75) is 45.8 Å². The van der Waals surface area contributed by atoms with Gasteiger partial charge < -0.3 is 14.6 Å². The van der Waals surface area contributed by atoms with Crippen molar-refractivity contribution in [3.05, 3.63) is 35.9 Å². The minimum absolute atomic E-state index is 0.103. The van der Waals surface area contributed by atoms with Crippen molar-refractivity contribution in [2.75, 3.05) is 13.1 Å². The van der Waals surface area contributed by atoms with Gasteiger partial charge in [0.05, 0.1) is 30.4 Å². The van der Waals surface area contributed by atoms with Crippen LogP contribution in [0.15, 0.2) is 30.2 Å². The molecule has 1 aromatic rings. The second kappa shape index (κ2) is 5.31. The van der Waals surface area contributed by atoms with Gasteiger partial charge in [0.1, 0.15) is 0 Å². The molecule has 1 aliphatic carbocycles. The lowest BCUT2D eigenvalue weighted by Crippen LogP contribution is -2.62. The lowest BCUT2D eigenvalue weighted by Gasteiger charge is -2.50. The molecule has 0 bridgehead atoms. The van der Waals surface area contributed by atoms with Gasteiger partial charge in [0.15, 0.2) is 0 Å². The van der Waals surface area contributed by atoms with Gasteiger partial charge in [-0.3, -0.25) is 4.79 Å². The molecule has 1 spiro atoms. The van der Waals surface area contributed by atoms with Gasteiger partial charge in [-0.05, 0) is 37.8 Å². The maximum absolute atomic E-state index is 11.5. The fourth-order valence-electron chi connectivity index (χ4n) is 5.00. The SMILES string of the molecule is C/C=C\C1=C(C)c2cncn2C1C1CCC2(CN(C(C)=O)C2)C1O. The van der Waals surface area contributed by atoms with Gasteiger partial charge in [0.25, 0.3) is 0 Å². The fourth-order valence-corrected chi connectivity index (χ4v) is 5.00. The van der Waals surface area contributed by atoms with Gasteiger partial charge in [0.2, 0.25) is 5.91 Å². The molecule has 4 rings (SSSR count). The third kappa shape index (κ3) is 1.97. The number of amides is 1. The third-order valence-electron chi connectivity index (χ3n) is 6.32. The Kier molecular flexibility index (Phi) is 3.46. The minimum atomic E-state index is -0.375. The van der Waals surface area contributed by atoms with E-state index in [0.29, 0.717) is 13.1 Å². The summed E-state index contributed by atoms with van der Waals surface area (Å²) >= 11 is 0. The standard InChI is InChI=1S/C19H25N3O2/c1-4-5-14-12(2)16-8-20-11-22(16)17(14)15-6-7-19(18(15)24)9-21(10-19)13(3)23/h4-5,8,11,15,17-18,24H,6-7,9-10H2,1-3H3/b5-4-. The highest BCUT2D eigenvalue weighted by molar-refractivity contribution is 5.74. The molecule has 5 nitrogen and oxygen atoms in total. The molecular weight excluding hydrogens is 302 g/mol. The average molecular weight is 327 g/mol. The molecule has 5 heteroatoms. The Balaban J connectivity index is 1.64. The monoisotopic (exact) mass is 327 g/mol. The van der Waals surface area contributed by atoms with Crippen LogP contribution in [0, 0.1) is 11.3 Å². The van der Waals surface area contributed by atoms with Crippen molar-refractivity contribution in [1.29, 1.82) is 0 Å². The van der Waals surface area contributed by atoms with E-state index in [1.54, 1.807) is 6.92 Å². The molecule has 1 N–H and O–H groups in total. The highest BCUT2D eigenvalue weighted by Gasteiger charge is 2.58. The predicted molar refractivity (Wildman–Crippen MR) is 92.1 cm³/mol. The van der Waals surface area contributed by atoms with Crippen LogP contribution in [0.4, 0.5) is 0 Å². The van der Waals surface area contributed by atoms with E-state index in [4.69, 9.17) is 0 Å².